The fourth-order valence-electron chi connectivity index (χ4n) is 2.24. The molecule has 4 heteroatoms. The number of carbonyl (C=O) groups excluding carboxylic acids is 1. The molecule has 0 aliphatic heterocycles. The van der Waals surface area contributed by atoms with E-state index in [1.807, 2.05) is 36.4 Å². The minimum Gasteiger partial charge on any atom is -0.325 e. The Labute approximate surface area is 122 Å². The van der Waals surface area contributed by atoms with Gasteiger partial charge in [0.2, 0.25) is 0 Å². The van der Waals surface area contributed by atoms with E-state index in [0.717, 1.165) is 16.6 Å². The maximum absolute atomic E-state index is 12.3. The number of nitrogens with zero attached hydrogens (tertiary/aromatic N) is 2. The maximum Gasteiger partial charge on any atom is 0.168 e. The Morgan fingerprint density at radius 3 is 2.76 bits per heavy atom. The summed E-state index contributed by atoms with van der Waals surface area (Å²) < 4.78 is 0. The lowest BCUT2D eigenvalue weighted by molar-refractivity contribution is 0.0992. The van der Waals surface area contributed by atoms with Crippen LogP contribution in [0.25, 0.3) is 10.9 Å². The first kappa shape index (κ1) is 13.4. The van der Waals surface area contributed by atoms with Gasteiger partial charge in [0, 0.05) is 29.4 Å². The first-order valence-electron chi connectivity index (χ1n) is 6.79. The smallest absolute Gasteiger partial charge is 0.168 e. The second-order valence-electron chi connectivity index (χ2n) is 4.84. The Morgan fingerprint density at radius 1 is 1.05 bits per heavy atom. The van der Waals surface area contributed by atoms with Gasteiger partial charge in [0.25, 0.3) is 0 Å². The molecule has 3 aromatic rings. The molecule has 0 aliphatic rings. The number of Topliss-reactive ketones (excluding diaryl/α,β-unsaturated/α-hetero) is 1. The summed E-state index contributed by atoms with van der Waals surface area (Å²) in [7, 11) is 0. The van der Waals surface area contributed by atoms with E-state index in [1.54, 1.807) is 18.3 Å². The summed E-state index contributed by atoms with van der Waals surface area (Å²) >= 11 is 0. The predicted octanol–water partition coefficient (Wildman–Crippen LogP) is 2.51. The number of rotatable bonds is 4. The van der Waals surface area contributed by atoms with Crippen LogP contribution in [-0.4, -0.2) is 15.8 Å². The fraction of sp³-hybridized carbons (Fsp3) is 0.118. The van der Waals surface area contributed by atoms with Crippen molar-refractivity contribution in [3.8, 4) is 0 Å². The van der Waals surface area contributed by atoms with Crippen molar-refractivity contribution in [2.24, 2.45) is 5.73 Å². The minimum atomic E-state index is 0.0230. The normalized spacial score (nSPS) is 10.7. The largest absolute Gasteiger partial charge is 0.325 e. The summed E-state index contributed by atoms with van der Waals surface area (Å²) in [6.07, 6.45) is 1.89. The number of aromatic nitrogens is 2. The molecule has 2 aromatic heterocycles. The van der Waals surface area contributed by atoms with Crippen molar-refractivity contribution in [1.82, 2.24) is 9.97 Å². The van der Waals surface area contributed by atoms with Crippen LogP contribution in [0.4, 0.5) is 0 Å². The third-order valence-electron chi connectivity index (χ3n) is 3.35. The number of hydrogen-bond donors (Lipinski definition) is 1. The molecule has 104 valence electrons. The van der Waals surface area contributed by atoms with Gasteiger partial charge in [-0.25, -0.2) is 0 Å². The lowest BCUT2D eigenvalue weighted by atomic mass is 10.1. The van der Waals surface area contributed by atoms with Gasteiger partial charge in [-0.2, -0.15) is 0 Å². The van der Waals surface area contributed by atoms with E-state index in [4.69, 9.17) is 5.73 Å². The van der Waals surface area contributed by atoms with Gasteiger partial charge in [0.05, 0.1) is 17.6 Å². The molecule has 21 heavy (non-hydrogen) atoms. The van der Waals surface area contributed by atoms with Crippen LogP contribution in [0.15, 0.2) is 54.7 Å². The van der Waals surface area contributed by atoms with E-state index in [2.05, 4.69) is 9.97 Å². The number of carbonyl (C=O) groups is 1. The maximum atomic E-state index is 12.3. The highest BCUT2D eigenvalue weighted by Crippen LogP contribution is 2.13. The van der Waals surface area contributed by atoms with E-state index < -0.39 is 0 Å². The van der Waals surface area contributed by atoms with Crippen LogP contribution < -0.4 is 5.73 Å². The van der Waals surface area contributed by atoms with Crippen molar-refractivity contribution >= 4 is 16.7 Å². The molecule has 0 fully saturated rings. The van der Waals surface area contributed by atoms with Crippen LogP contribution in [0.3, 0.4) is 0 Å². The number of ketones is 1. The number of pyridine rings is 2. The van der Waals surface area contributed by atoms with Crippen molar-refractivity contribution in [2.75, 3.05) is 0 Å². The van der Waals surface area contributed by atoms with E-state index in [9.17, 15) is 4.79 Å². The van der Waals surface area contributed by atoms with Gasteiger partial charge < -0.3 is 5.73 Å². The summed E-state index contributed by atoms with van der Waals surface area (Å²) in [5.41, 5.74) is 8.56. The highest BCUT2D eigenvalue weighted by atomic mass is 16.1. The van der Waals surface area contributed by atoms with E-state index in [0.29, 0.717) is 17.8 Å². The molecule has 0 spiro atoms. The van der Waals surface area contributed by atoms with Crippen LogP contribution in [0.2, 0.25) is 0 Å². The van der Waals surface area contributed by atoms with Gasteiger partial charge in [-0.1, -0.05) is 24.3 Å². The molecule has 0 bridgehead atoms. The Hall–Kier alpha value is -2.59. The molecule has 3 rings (SSSR count). The molecule has 0 saturated carbocycles. The zero-order valence-electron chi connectivity index (χ0n) is 11.5. The van der Waals surface area contributed by atoms with Crippen molar-refractivity contribution in [3.05, 3.63) is 71.7 Å². The lowest BCUT2D eigenvalue weighted by Gasteiger charge is -2.04. The fourth-order valence-corrected chi connectivity index (χ4v) is 2.24. The standard InChI is InChI=1S/C17H15N3O/c18-11-15-9-13(7-8-19-15)17(21)10-14-6-5-12-3-1-2-4-16(12)20-14/h1-9H,10-11,18H2. The quantitative estimate of drug-likeness (QED) is 0.744. The van der Waals surface area contributed by atoms with E-state index in [-0.39, 0.29) is 12.2 Å². The molecule has 0 aliphatic carbocycles. The molecule has 2 N–H and O–H groups in total. The Bertz CT molecular complexity index is 799. The van der Waals surface area contributed by atoms with Gasteiger partial charge in [-0.3, -0.25) is 14.8 Å². The first-order chi connectivity index (χ1) is 10.3. The first-order valence-corrected chi connectivity index (χ1v) is 6.79. The Kier molecular flexibility index (Phi) is 3.71. The number of para-hydroxylation sites is 1. The third-order valence-corrected chi connectivity index (χ3v) is 3.35. The zero-order valence-corrected chi connectivity index (χ0v) is 11.5. The molecular weight excluding hydrogens is 262 g/mol. The van der Waals surface area contributed by atoms with Gasteiger partial charge in [0.1, 0.15) is 0 Å². The lowest BCUT2D eigenvalue weighted by Crippen LogP contribution is -2.07. The molecule has 4 nitrogen and oxygen atoms in total. The molecule has 0 saturated heterocycles. The van der Waals surface area contributed by atoms with Crippen LogP contribution in [0.1, 0.15) is 21.7 Å². The molecule has 0 atom stereocenters. The van der Waals surface area contributed by atoms with E-state index in [1.165, 1.54) is 0 Å². The monoisotopic (exact) mass is 277 g/mol. The highest BCUT2D eigenvalue weighted by molar-refractivity contribution is 5.97. The molecule has 2 heterocycles. The summed E-state index contributed by atoms with van der Waals surface area (Å²) in [4.78, 5) is 20.9. The molecule has 1 aromatic carbocycles. The van der Waals surface area contributed by atoms with Crippen molar-refractivity contribution in [1.29, 1.82) is 0 Å². The van der Waals surface area contributed by atoms with Gasteiger partial charge in [0.15, 0.2) is 5.78 Å². The zero-order chi connectivity index (χ0) is 14.7. The number of hydrogen-bond acceptors (Lipinski definition) is 4. The van der Waals surface area contributed by atoms with Crippen molar-refractivity contribution in [2.45, 2.75) is 13.0 Å². The van der Waals surface area contributed by atoms with Crippen LogP contribution in [0, 0.1) is 0 Å². The average molecular weight is 277 g/mol. The second-order valence-corrected chi connectivity index (χ2v) is 4.84. The summed E-state index contributed by atoms with van der Waals surface area (Å²) in [5.74, 6) is 0.0230. The van der Waals surface area contributed by atoms with Crippen LogP contribution in [0.5, 0.6) is 0 Å². The van der Waals surface area contributed by atoms with Crippen LogP contribution in [-0.2, 0) is 13.0 Å². The SMILES string of the molecule is NCc1cc(C(=O)Cc2ccc3ccccc3n2)ccn1. The molecular formula is C17H15N3O. The van der Waals surface area contributed by atoms with Crippen molar-refractivity contribution in [3.63, 3.8) is 0 Å². The van der Waals surface area contributed by atoms with Gasteiger partial charge in [-0.05, 0) is 24.3 Å². The van der Waals surface area contributed by atoms with Crippen LogP contribution >= 0.6 is 0 Å². The van der Waals surface area contributed by atoms with Gasteiger partial charge >= 0.3 is 0 Å². The third kappa shape index (κ3) is 2.95. The minimum absolute atomic E-state index is 0.0230. The number of benzene rings is 1. The van der Waals surface area contributed by atoms with Crippen molar-refractivity contribution < 1.29 is 4.79 Å². The predicted molar refractivity (Wildman–Crippen MR) is 81.9 cm³/mol. The summed E-state index contributed by atoms with van der Waals surface area (Å²) in [6, 6.07) is 15.2. The Balaban J connectivity index is 1.85. The highest BCUT2D eigenvalue weighted by Gasteiger charge is 2.09. The topological polar surface area (TPSA) is 68.9 Å². The number of fused-ring (bicyclic) bond motifs is 1. The average Bonchev–Trinajstić information content (AvgIpc) is 2.54. The second kappa shape index (κ2) is 5.81. The Morgan fingerprint density at radius 2 is 1.90 bits per heavy atom. The van der Waals surface area contributed by atoms with Gasteiger partial charge in [-0.15, -0.1) is 0 Å². The number of nitrogens with two attached hydrogens (primary N) is 1. The summed E-state index contributed by atoms with van der Waals surface area (Å²) in [6.45, 7) is 0.329. The molecule has 0 radical (unpaired) electrons. The molecule has 0 amide bonds. The molecule has 0 unspecified atom stereocenters. The van der Waals surface area contributed by atoms with E-state index >= 15 is 0 Å². The summed E-state index contributed by atoms with van der Waals surface area (Å²) in [5, 5.41) is 1.07.